The lowest BCUT2D eigenvalue weighted by Crippen LogP contribution is -2.16. The molecule has 2 heterocycles. The van der Waals surface area contributed by atoms with Gasteiger partial charge >= 0.3 is 10.3 Å². The molecular formula is C18H20N4O4S2. The second-order valence-electron chi connectivity index (χ2n) is 6.50. The van der Waals surface area contributed by atoms with Gasteiger partial charge in [0, 0.05) is 29.5 Å². The molecule has 28 heavy (non-hydrogen) atoms. The molecule has 0 fully saturated rings. The van der Waals surface area contributed by atoms with Gasteiger partial charge in [-0.05, 0) is 38.0 Å². The van der Waals surface area contributed by atoms with Gasteiger partial charge in [0.05, 0.1) is 16.4 Å². The summed E-state index contributed by atoms with van der Waals surface area (Å²) in [6.07, 6.45) is 1.15. The van der Waals surface area contributed by atoms with Gasteiger partial charge in [-0.15, -0.1) is 11.3 Å². The molecule has 148 valence electrons. The summed E-state index contributed by atoms with van der Waals surface area (Å²) in [6, 6.07) is 8.18. The lowest BCUT2D eigenvalue weighted by molar-refractivity contribution is 0.489. The van der Waals surface area contributed by atoms with E-state index in [-0.39, 0.29) is 17.2 Å². The first kappa shape index (κ1) is 20.2. The first-order valence-corrected chi connectivity index (χ1v) is 10.8. The highest BCUT2D eigenvalue weighted by Crippen LogP contribution is 2.26. The Morgan fingerprint density at radius 2 is 1.89 bits per heavy atom. The van der Waals surface area contributed by atoms with E-state index >= 15 is 0 Å². The van der Waals surface area contributed by atoms with Crippen LogP contribution < -0.4 is 10.3 Å². The van der Waals surface area contributed by atoms with Crippen molar-refractivity contribution in [1.29, 1.82) is 0 Å². The molecule has 1 aromatic carbocycles. The lowest BCUT2D eigenvalue weighted by Gasteiger charge is -2.15. The van der Waals surface area contributed by atoms with Crippen molar-refractivity contribution < 1.29 is 13.0 Å². The fraction of sp³-hybridized carbons (Fsp3) is 0.278. The topological polar surface area (TPSA) is 125 Å². The molecule has 10 heteroatoms. The van der Waals surface area contributed by atoms with Gasteiger partial charge in [0.1, 0.15) is 5.82 Å². The van der Waals surface area contributed by atoms with Crippen molar-refractivity contribution in [3.8, 4) is 0 Å². The van der Waals surface area contributed by atoms with Crippen LogP contribution in [0.5, 0.6) is 0 Å². The molecule has 8 nitrogen and oxygen atoms in total. The Kier molecular flexibility index (Phi) is 5.92. The molecule has 3 aromatic rings. The lowest BCUT2D eigenvalue weighted by atomic mass is 9.93. The largest absolute Gasteiger partial charge is 0.357 e. The van der Waals surface area contributed by atoms with Crippen LogP contribution in [0.25, 0.3) is 0 Å². The molecule has 3 rings (SSSR count). The smallest absolute Gasteiger partial charge is 0.311 e. The zero-order valence-corrected chi connectivity index (χ0v) is 17.0. The van der Waals surface area contributed by atoms with Gasteiger partial charge in [-0.25, -0.2) is 9.97 Å². The zero-order valence-electron chi connectivity index (χ0n) is 15.3. The van der Waals surface area contributed by atoms with E-state index in [1.54, 1.807) is 42.5 Å². The van der Waals surface area contributed by atoms with Crippen molar-refractivity contribution >= 4 is 27.3 Å². The second-order valence-corrected chi connectivity index (χ2v) is 8.72. The van der Waals surface area contributed by atoms with Gasteiger partial charge in [0.25, 0.3) is 5.56 Å². The van der Waals surface area contributed by atoms with E-state index < -0.39 is 10.3 Å². The Balaban J connectivity index is 1.84. The number of aryl methyl sites for hydroxylation is 2. The first-order chi connectivity index (χ1) is 13.2. The number of anilines is 1. The predicted octanol–water partition coefficient (Wildman–Crippen LogP) is 2.63. The van der Waals surface area contributed by atoms with Gasteiger partial charge in [-0.3, -0.25) is 14.1 Å². The summed E-state index contributed by atoms with van der Waals surface area (Å²) in [5, 5.41) is 2.96. The third-order valence-corrected chi connectivity index (χ3v) is 5.38. The van der Waals surface area contributed by atoms with E-state index in [1.165, 1.54) is 6.07 Å². The summed E-state index contributed by atoms with van der Waals surface area (Å²) < 4.78 is 32.7. The summed E-state index contributed by atoms with van der Waals surface area (Å²) in [5.74, 6) is 0.598. The van der Waals surface area contributed by atoms with Crippen molar-refractivity contribution in [2.24, 2.45) is 0 Å². The maximum absolute atomic E-state index is 11.8. The number of H-pyrrole nitrogens is 1. The van der Waals surface area contributed by atoms with Crippen LogP contribution in [-0.2, 0) is 23.1 Å². The van der Waals surface area contributed by atoms with Gasteiger partial charge in [-0.2, -0.15) is 8.42 Å². The van der Waals surface area contributed by atoms with Crippen LogP contribution in [0, 0.1) is 13.8 Å². The van der Waals surface area contributed by atoms with E-state index in [0.717, 1.165) is 16.3 Å². The number of aromatic amines is 1. The molecule has 0 aliphatic rings. The van der Waals surface area contributed by atoms with E-state index in [0.29, 0.717) is 24.4 Å². The maximum Gasteiger partial charge on any atom is 0.357 e. The van der Waals surface area contributed by atoms with Crippen LogP contribution in [0.4, 0.5) is 5.69 Å². The van der Waals surface area contributed by atoms with Crippen LogP contribution in [-0.4, -0.2) is 27.9 Å². The van der Waals surface area contributed by atoms with Crippen LogP contribution in [0.15, 0.2) is 40.5 Å². The fourth-order valence-electron chi connectivity index (χ4n) is 2.96. The minimum Gasteiger partial charge on any atom is -0.311 e. The van der Waals surface area contributed by atoms with E-state index in [9.17, 15) is 13.2 Å². The van der Waals surface area contributed by atoms with Crippen LogP contribution in [0.2, 0.25) is 0 Å². The number of aromatic nitrogens is 3. The van der Waals surface area contributed by atoms with E-state index in [1.807, 2.05) is 17.0 Å². The monoisotopic (exact) mass is 420 g/mol. The Labute approximate surface area is 166 Å². The summed E-state index contributed by atoms with van der Waals surface area (Å²) in [7, 11) is -4.30. The number of rotatable bonds is 7. The van der Waals surface area contributed by atoms with E-state index in [2.05, 4.69) is 15.0 Å². The SMILES string of the molecule is Cc1cc(=O)[nH]c(C[C@H](Cc2ccc(NS(=O)(=O)O)cc2)c2csc(C)n2)n1. The predicted molar refractivity (Wildman–Crippen MR) is 108 cm³/mol. The van der Waals surface area contributed by atoms with Gasteiger partial charge in [-0.1, -0.05) is 12.1 Å². The second kappa shape index (κ2) is 8.21. The number of thiazole rings is 1. The molecule has 0 radical (unpaired) electrons. The molecule has 2 aromatic heterocycles. The number of nitrogens with one attached hydrogen (secondary N) is 2. The molecule has 3 N–H and O–H groups in total. The first-order valence-electron chi connectivity index (χ1n) is 8.51. The van der Waals surface area contributed by atoms with Crippen LogP contribution in [0.3, 0.4) is 0 Å². The van der Waals surface area contributed by atoms with Gasteiger partial charge < -0.3 is 4.98 Å². The molecule has 0 aliphatic heterocycles. The normalized spacial score (nSPS) is 12.7. The Morgan fingerprint density at radius 1 is 1.18 bits per heavy atom. The van der Waals surface area contributed by atoms with Crippen molar-refractivity contribution in [3.05, 3.63) is 73.8 Å². The molecule has 0 unspecified atom stereocenters. The van der Waals surface area contributed by atoms with Crippen molar-refractivity contribution in [3.63, 3.8) is 0 Å². The maximum atomic E-state index is 11.8. The third kappa shape index (κ3) is 5.72. The number of benzene rings is 1. The average Bonchev–Trinajstić information content (AvgIpc) is 3.00. The van der Waals surface area contributed by atoms with Crippen molar-refractivity contribution in [2.45, 2.75) is 32.6 Å². The number of hydrogen-bond donors (Lipinski definition) is 3. The van der Waals surface area contributed by atoms with Crippen LogP contribution in [0.1, 0.15) is 33.7 Å². The standard InChI is InChI=1S/C18H20N4O4S2/c1-11-7-18(23)21-17(19-11)9-14(16-10-27-12(2)20-16)8-13-3-5-15(6-4-13)22-28(24,25)26/h3-7,10,14,22H,8-9H2,1-2H3,(H,19,21,23)(H,24,25,26)/t14-/m0/s1. The molecule has 0 amide bonds. The van der Waals surface area contributed by atoms with Crippen LogP contribution >= 0.6 is 11.3 Å². The Bertz CT molecular complexity index is 1120. The molecule has 0 bridgehead atoms. The fourth-order valence-corrected chi connectivity index (χ4v) is 4.09. The summed E-state index contributed by atoms with van der Waals surface area (Å²) in [4.78, 5) is 23.5. The third-order valence-electron chi connectivity index (χ3n) is 4.10. The highest BCUT2D eigenvalue weighted by Gasteiger charge is 2.18. The summed E-state index contributed by atoms with van der Waals surface area (Å²) in [5.41, 5.74) is 2.64. The highest BCUT2D eigenvalue weighted by molar-refractivity contribution is 7.87. The van der Waals surface area contributed by atoms with Crippen molar-refractivity contribution in [1.82, 2.24) is 15.0 Å². The summed E-state index contributed by atoms with van der Waals surface area (Å²) in [6.45, 7) is 3.72. The molecule has 1 atom stereocenters. The Morgan fingerprint density at radius 3 is 2.46 bits per heavy atom. The van der Waals surface area contributed by atoms with Crippen molar-refractivity contribution in [2.75, 3.05) is 4.72 Å². The number of nitrogens with zero attached hydrogens (tertiary/aromatic N) is 2. The van der Waals surface area contributed by atoms with E-state index in [4.69, 9.17) is 4.55 Å². The number of hydrogen-bond acceptors (Lipinski definition) is 6. The summed E-state index contributed by atoms with van der Waals surface area (Å²) >= 11 is 1.56. The molecule has 0 saturated carbocycles. The quantitative estimate of drug-likeness (QED) is 0.505. The Hall–Kier alpha value is -2.56. The molecular weight excluding hydrogens is 400 g/mol. The van der Waals surface area contributed by atoms with Gasteiger partial charge in [0.2, 0.25) is 0 Å². The molecule has 0 saturated heterocycles. The highest BCUT2D eigenvalue weighted by atomic mass is 32.2. The molecule has 0 spiro atoms. The zero-order chi connectivity index (χ0) is 20.3. The minimum absolute atomic E-state index is 0.00437. The average molecular weight is 421 g/mol. The molecule has 0 aliphatic carbocycles. The minimum atomic E-state index is -4.30. The van der Waals surface area contributed by atoms with Gasteiger partial charge in [0.15, 0.2) is 0 Å².